The van der Waals surface area contributed by atoms with E-state index < -0.39 is 12.3 Å². The lowest BCUT2D eigenvalue weighted by atomic mass is 10.4. The molecule has 1 heterocycles. The summed E-state index contributed by atoms with van der Waals surface area (Å²) in [6.45, 7) is 0.704. The Balaban J connectivity index is 1.77. The number of rotatable bonds is 5. The van der Waals surface area contributed by atoms with Gasteiger partial charge in [0.1, 0.15) is 0 Å². The quantitative estimate of drug-likeness (QED) is 0.783. The van der Waals surface area contributed by atoms with Crippen molar-refractivity contribution in [3.8, 4) is 0 Å². The van der Waals surface area contributed by atoms with Gasteiger partial charge in [0, 0.05) is 19.0 Å². The Hall–Kier alpha value is -1.04. The number of halogens is 2. The van der Waals surface area contributed by atoms with Crippen molar-refractivity contribution in [3.63, 3.8) is 0 Å². The van der Waals surface area contributed by atoms with Gasteiger partial charge >= 0.3 is 6.43 Å². The van der Waals surface area contributed by atoms with Gasteiger partial charge in [-0.15, -0.1) is 10.2 Å². The van der Waals surface area contributed by atoms with Crippen molar-refractivity contribution in [2.45, 2.75) is 31.7 Å². The number of nitrogens with zero attached hydrogens (tertiary/aromatic N) is 2. The molecule has 6 heteroatoms. The van der Waals surface area contributed by atoms with Crippen molar-refractivity contribution in [1.82, 2.24) is 15.5 Å². The number of nitrogens with one attached hydrogen (secondary N) is 1. The van der Waals surface area contributed by atoms with Crippen LogP contribution in [0.25, 0.3) is 0 Å². The van der Waals surface area contributed by atoms with Crippen LogP contribution in [0.2, 0.25) is 0 Å². The zero-order valence-corrected chi connectivity index (χ0v) is 7.54. The van der Waals surface area contributed by atoms with E-state index in [-0.39, 0.29) is 5.89 Å². The fraction of sp³-hybridized carbons (Fsp3) is 0.750. The van der Waals surface area contributed by atoms with Gasteiger partial charge in [0.25, 0.3) is 5.89 Å². The summed E-state index contributed by atoms with van der Waals surface area (Å²) in [7, 11) is 0. The van der Waals surface area contributed by atoms with E-state index in [1.807, 2.05) is 0 Å². The first-order chi connectivity index (χ1) is 6.75. The van der Waals surface area contributed by atoms with E-state index in [4.69, 9.17) is 4.42 Å². The minimum absolute atomic E-state index is 0.272. The van der Waals surface area contributed by atoms with Gasteiger partial charge in [-0.05, 0) is 12.8 Å². The third-order valence-electron chi connectivity index (χ3n) is 2.02. The minimum Gasteiger partial charge on any atom is -0.420 e. The van der Waals surface area contributed by atoms with Gasteiger partial charge in [0.2, 0.25) is 5.89 Å². The minimum atomic E-state index is -2.67. The first-order valence-electron chi connectivity index (χ1n) is 4.59. The molecule has 0 bridgehead atoms. The van der Waals surface area contributed by atoms with Crippen LogP contribution in [-0.4, -0.2) is 22.8 Å². The molecule has 0 aliphatic heterocycles. The van der Waals surface area contributed by atoms with Crippen molar-refractivity contribution < 1.29 is 13.2 Å². The Morgan fingerprint density at radius 3 is 2.79 bits per heavy atom. The SMILES string of the molecule is FC(F)c1nnc(CCNC2CC2)o1. The first kappa shape index (κ1) is 9.51. The highest BCUT2D eigenvalue weighted by Crippen LogP contribution is 2.19. The van der Waals surface area contributed by atoms with Crippen LogP contribution in [0.1, 0.15) is 31.0 Å². The fourth-order valence-electron chi connectivity index (χ4n) is 1.13. The van der Waals surface area contributed by atoms with Crippen LogP contribution in [-0.2, 0) is 6.42 Å². The number of aromatic nitrogens is 2. The Kier molecular flexibility index (Phi) is 2.72. The predicted molar refractivity (Wildman–Crippen MR) is 44.0 cm³/mol. The zero-order chi connectivity index (χ0) is 9.97. The number of hydrogen-bond donors (Lipinski definition) is 1. The van der Waals surface area contributed by atoms with Gasteiger partial charge in [-0.2, -0.15) is 8.78 Å². The summed E-state index contributed by atoms with van der Waals surface area (Å²) >= 11 is 0. The molecule has 1 fully saturated rings. The summed E-state index contributed by atoms with van der Waals surface area (Å²) in [6.07, 6.45) is 0.238. The molecule has 1 aromatic rings. The van der Waals surface area contributed by atoms with Crippen LogP contribution in [0.3, 0.4) is 0 Å². The summed E-state index contributed by atoms with van der Waals surface area (Å²) < 4.78 is 28.8. The lowest BCUT2D eigenvalue weighted by Gasteiger charge is -1.97. The van der Waals surface area contributed by atoms with E-state index in [2.05, 4.69) is 15.5 Å². The highest BCUT2D eigenvalue weighted by molar-refractivity contribution is 4.86. The molecular formula is C8H11F2N3O. The van der Waals surface area contributed by atoms with E-state index in [0.717, 1.165) is 0 Å². The topological polar surface area (TPSA) is 51.0 Å². The highest BCUT2D eigenvalue weighted by atomic mass is 19.3. The van der Waals surface area contributed by atoms with Gasteiger partial charge < -0.3 is 9.73 Å². The van der Waals surface area contributed by atoms with E-state index in [0.29, 0.717) is 19.0 Å². The fourth-order valence-corrected chi connectivity index (χ4v) is 1.13. The standard InChI is InChI=1S/C8H11F2N3O/c9-7(10)8-13-12-6(14-8)3-4-11-5-1-2-5/h5,7,11H,1-4H2. The lowest BCUT2D eigenvalue weighted by Crippen LogP contribution is -2.19. The average molecular weight is 203 g/mol. The Morgan fingerprint density at radius 2 is 2.21 bits per heavy atom. The molecule has 2 rings (SSSR count). The molecular weight excluding hydrogens is 192 g/mol. The molecule has 1 saturated carbocycles. The lowest BCUT2D eigenvalue weighted by molar-refractivity contribution is 0.113. The van der Waals surface area contributed by atoms with E-state index in [1.165, 1.54) is 12.8 Å². The molecule has 0 saturated heterocycles. The normalized spacial score (nSPS) is 16.5. The Labute approximate surface area is 79.7 Å². The molecule has 0 aromatic carbocycles. The molecule has 1 aromatic heterocycles. The number of hydrogen-bond acceptors (Lipinski definition) is 4. The molecule has 1 N–H and O–H groups in total. The van der Waals surface area contributed by atoms with Gasteiger partial charge in [-0.1, -0.05) is 0 Å². The Bertz CT molecular complexity index is 299. The van der Waals surface area contributed by atoms with Crippen LogP contribution in [0.5, 0.6) is 0 Å². The zero-order valence-electron chi connectivity index (χ0n) is 7.54. The van der Waals surface area contributed by atoms with Crippen molar-refractivity contribution in [3.05, 3.63) is 11.8 Å². The third kappa shape index (κ3) is 2.47. The molecule has 78 valence electrons. The second-order valence-corrected chi connectivity index (χ2v) is 3.31. The molecule has 4 nitrogen and oxygen atoms in total. The van der Waals surface area contributed by atoms with Crippen LogP contribution < -0.4 is 5.32 Å². The molecule has 0 spiro atoms. The van der Waals surface area contributed by atoms with E-state index in [9.17, 15) is 8.78 Å². The summed E-state index contributed by atoms with van der Waals surface area (Å²) in [6, 6.07) is 0.604. The summed E-state index contributed by atoms with van der Waals surface area (Å²) in [5.41, 5.74) is 0. The van der Waals surface area contributed by atoms with Gasteiger partial charge in [-0.3, -0.25) is 0 Å². The molecule has 1 aliphatic rings. The summed E-state index contributed by atoms with van der Waals surface area (Å²) in [5.74, 6) is -0.320. The molecule has 0 unspecified atom stereocenters. The predicted octanol–water partition coefficient (Wildman–Crippen LogP) is 1.30. The third-order valence-corrected chi connectivity index (χ3v) is 2.02. The second kappa shape index (κ2) is 4.00. The van der Waals surface area contributed by atoms with E-state index >= 15 is 0 Å². The molecule has 0 radical (unpaired) electrons. The van der Waals surface area contributed by atoms with Crippen LogP contribution >= 0.6 is 0 Å². The van der Waals surface area contributed by atoms with Crippen molar-refractivity contribution in [2.24, 2.45) is 0 Å². The summed E-state index contributed by atoms with van der Waals surface area (Å²) in [4.78, 5) is 0. The maximum Gasteiger partial charge on any atom is 0.314 e. The van der Waals surface area contributed by atoms with Crippen LogP contribution in [0.15, 0.2) is 4.42 Å². The van der Waals surface area contributed by atoms with Crippen LogP contribution in [0, 0.1) is 0 Å². The smallest absolute Gasteiger partial charge is 0.314 e. The van der Waals surface area contributed by atoms with Gasteiger partial charge in [0.05, 0.1) is 0 Å². The van der Waals surface area contributed by atoms with Crippen LogP contribution in [0.4, 0.5) is 8.78 Å². The largest absolute Gasteiger partial charge is 0.420 e. The van der Waals surface area contributed by atoms with Gasteiger partial charge in [0.15, 0.2) is 0 Å². The van der Waals surface area contributed by atoms with Crippen molar-refractivity contribution in [1.29, 1.82) is 0 Å². The first-order valence-corrected chi connectivity index (χ1v) is 4.59. The maximum atomic E-state index is 12.0. The maximum absolute atomic E-state index is 12.0. The monoisotopic (exact) mass is 203 g/mol. The second-order valence-electron chi connectivity index (χ2n) is 3.31. The van der Waals surface area contributed by atoms with Gasteiger partial charge in [-0.25, -0.2) is 0 Å². The van der Waals surface area contributed by atoms with Crippen molar-refractivity contribution >= 4 is 0 Å². The van der Waals surface area contributed by atoms with Crippen molar-refractivity contribution in [2.75, 3.05) is 6.54 Å². The molecule has 14 heavy (non-hydrogen) atoms. The number of alkyl halides is 2. The van der Waals surface area contributed by atoms with E-state index in [1.54, 1.807) is 0 Å². The Morgan fingerprint density at radius 1 is 1.43 bits per heavy atom. The molecule has 1 aliphatic carbocycles. The summed E-state index contributed by atoms with van der Waals surface area (Å²) in [5, 5.41) is 9.98. The molecule has 0 amide bonds. The highest BCUT2D eigenvalue weighted by Gasteiger charge is 2.20. The molecule has 0 atom stereocenters. The average Bonchev–Trinajstić information content (AvgIpc) is 2.82.